The van der Waals surface area contributed by atoms with Gasteiger partial charge in [-0.05, 0) is 42.8 Å². The number of amides is 1. The zero-order valence-corrected chi connectivity index (χ0v) is 17.2. The number of fused-ring (bicyclic) bond motifs is 1. The number of carbonyl (C=O) groups excluding carboxylic acids is 1. The van der Waals surface area contributed by atoms with Crippen LogP contribution in [0.2, 0.25) is 0 Å². The van der Waals surface area contributed by atoms with E-state index in [1.807, 2.05) is 31.2 Å². The Hall–Kier alpha value is -3.52. The summed E-state index contributed by atoms with van der Waals surface area (Å²) in [5.41, 5.74) is 1.70. The molecule has 0 aliphatic carbocycles. The highest BCUT2D eigenvalue weighted by Crippen LogP contribution is 2.23. The second-order valence-electron chi connectivity index (χ2n) is 6.80. The molecule has 4 rings (SSSR count). The van der Waals surface area contributed by atoms with Gasteiger partial charge < -0.3 is 5.32 Å². The Balaban J connectivity index is 1.68. The maximum absolute atomic E-state index is 13.8. The molecule has 8 heteroatoms. The minimum absolute atomic E-state index is 0.116. The molecule has 0 atom stereocenters. The highest BCUT2D eigenvalue weighted by molar-refractivity contribution is 7.99. The minimum Gasteiger partial charge on any atom is -0.323 e. The summed E-state index contributed by atoms with van der Waals surface area (Å²) in [6.45, 7) is 1.88. The number of carbonyl (C=O) groups is 1. The summed E-state index contributed by atoms with van der Waals surface area (Å²) in [5.74, 6) is -2.21. The molecule has 0 unspecified atom stereocenters. The van der Waals surface area contributed by atoms with Crippen LogP contribution >= 0.6 is 11.8 Å². The smallest absolute Gasteiger partial charge is 0.266 e. The number of thioether (sulfide) groups is 1. The fraction of sp³-hybridized carbons (Fsp3) is 0.0870. The van der Waals surface area contributed by atoms with Gasteiger partial charge in [-0.3, -0.25) is 14.2 Å². The first kappa shape index (κ1) is 20.7. The molecular formula is C23H17F2N3O2S. The van der Waals surface area contributed by atoms with E-state index in [1.165, 1.54) is 4.57 Å². The Kier molecular flexibility index (Phi) is 5.81. The van der Waals surface area contributed by atoms with E-state index in [4.69, 9.17) is 0 Å². The molecule has 4 aromatic rings. The highest BCUT2D eigenvalue weighted by atomic mass is 32.2. The standard InChI is InChI=1S/C23H17F2N3O2S/c1-14-6-2-5-9-20(14)28-22(30)16-7-3-4-8-18(16)27-23(28)31-13-21(29)26-19-11-10-15(24)12-17(19)25/h2-12H,13H2,1H3,(H,26,29). The van der Waals surface area contributed by atoms with E-state index in [0.29, 0.717) is 27.8 Å². The van der Waals surface area contributed by atoms with Crippen molar-refractivity contribution in [3.8, 4) is 5.69 Å². The number of anilines is 1. The van der Waals surface area contributed by atoms with Gasteiger partial charge in [-0.2, -0.15) is 0 Å². The van der Waals surface area contributed by atoms with Crippen LogP contribution in [-0.2, 0) is 4.79 Å². The Bertz CT molecular complexity index is 1350. The molecule has 1 amide bonds. The normalized spacial score (nSPS) is 10.9. The molecule has 0 spiro atoms. The number of para-hydroxylation sites is 2. The summed E-state index contributed by atoms with van der Waals surface area (Å²) in [7, 11) is 0. The van der Waals surface area contributed by atoms with E-state index in [0.717, 1.165) is 29.5 Å². The Morgan fingerprint density at radius 2 is 1.81 bits per heavy atom. The third-order valence-electron chi connectivity index (χ3n) is 4.64. The molecule has 0 fully saturated rings. The van der Waals surface area contributed by atoms with Gasteiger partial charge in [-0.25, -0.2) is 13.8 Å². The number of halogens is 2. The monoisotopic (exact) mass is 437 g/mol. The van der Waals surface area contributed by atoms with Crippen LogP contribution in [0, 0.1) is 18.6 Å². The first-order valence-corrected chi connectivity index (χ1v) is 10.4. The van der Waals surface area contributed by atoms with Crippen LogP contribution in [0.1, 0.15) is 5.56 Å². The molecule has 31 heavy (non-hydrogen) atoms. The van der Waals surface area contributed by atoms with Crippen LogP contribution in [0.15, 0.2) is 76.7 Å². The van der Waals surface area contributed by atoms with Crippen molar-refractivity contribution in [2.24, 2.45) is 0 Å². The van der Waals surface area contributed by atoms with Crippen LogP contribution in [0.3, 0.4) is 0 Å². The number of aromatic nitrogens is 2. The van der Waals surface area contributed by atoms with E-state index < -0.39 is 17.5 Å². The zero-order chi connectivity index (χ0) is 22.0. The summed E-state index contributed by atoms with van der Waals surface area (Å²) >= 11 is 1.06. The quantitative estimate of drug-likeness (QED) is 0.363. The first-order chi connectivity index (χ1) is 14.9. The van der Waals surface area contributed by atoms with E-state index in [1.54, 1.807) is 24.3 Å². The molecular weight excluding hydrogens is 420 g/mol. The van der Waals surface area contributed by atoms with Crippen molar-refractivity contribution in [3.05, 3.63) is 94.3 Å². The maximum atomic E-state index is 13.8. The van der Waals surface area contributed by atoms with Gasteiger partial charge in [0.25, 0.3) is 5.56 Å². The molecule has 5 nitrogen and oxygen atoms in total. The van der Waals surface area contributed by atoms with Gasteiger partial charge in [0.2, 0.25) is 5.91 Å². The van der Waals surface area contributed by atoms with Gasteiger partial charge in [0.1, 0.15) is 11.6 Å². The summed E-state index contributed by atoms with van der Waals surface area (Å²) in [4.78, 5) is 30.2. The topological polar surface area (TPSA) is 64.0 Å². The highest BCUT2D eigenvalue weighted by Gasteiger charge is 2.16. The fourth-order valence-electron chi connectivity index (χ4n) is 3.14. The van der Waals surface area contributed by atoms with Crippen molar-refractivity contribution in [3.63, 3.8) is 0 Å². The molecule has 0 bridgehead atoms. The van der Waals surface area contributed by atoms with Crippen LogP contribution < -0.4 is 10.9 Å². The number of hydrogen-bond acceptors (Lipinski definition) is 4. The molecule has 3 aromatic carbocycles. The van der Waals surface area contributed by atoms with Crippen LogP contribution in [-0.4, -0.2) is 21.2 Å². The van der Waals surface area contributed by atoms with Gasteiger partial charge in [0.05, 0.1) is 28.0 Å². The molecule has 0 aliphatic heterocycles. The second-order valence-corrected chi connectivity index (χ2v) is 7.74. The van der Waals surface area contributed by atoms with Gasteiger partial charge >= 0.3 is 0 Å². The van der Waals surface area contributed by atoms with E-state index in [-0.39, 0.29) is 17.0 Å². The number of aryl methyl sites for hydroxylation is 1. The van der Waals surface area contributed by atoms with Crippen molar-refractivity contribution < 1.29 is 13.6 Å². The van der Waals surface area contributed by atoms with Crippen molar-refractivity contribution in [1.29, 1.82) is 0 Å². The number of nitrogens with zero attached hydrogens (tertiary/aromatic N) is 2. The average molecular weight is 437 g/mol. The maximum Gasteiger partial charge on any atom is 0.266 e. The molecule has 156 valence electrons. The lowest BCUT2D eigenvalue weighted by molar-refractivity contribution is -0.113. The fourth-order valence-corrected chi connectivity index (χ4v) is 3.95. The molecule has 0 aliphatic rings. The van der Waals surface area contributed by atoms with Crippen LogP contribution in [0.5, 0.6) is 0 Å². The molecule has 1 heterocycles. The predicted octanol–water partition coefficient (Wildman–Crippen LogP) is 4.70. The van der Waals surface area contributed by atoms with E-state index in [2.05, 4.69) is 10.3 Å². The lowest BCUT2D eigenvalue weighted by atomic mass is 10.2. The number of benzene rings is 3. The summed E-state index contributed by atoms with van der Waals surface area (Å²) in [6.07, 6.45) is 0. The van der Waals surface area contributed by atoms with Crippen molar-refractivity contribution in [1.82, 2.24) is 9.55 Å². The molecule has 0 saturated carbocycles. The van der Waals surface area contributed by atoms with Gasteiger partial charge in [0.15, 0.2) is 5.16 Å². The summed E-state index contributed by atoms with van der Waals surface area (Å²) in [6, 6.07) is 17.3. The third kappa shape index (κ3) is 4.34. The zero-order valence-electron chi connectivity index (χ0n) is 16.4. The summed E-state index contributed by atoms with van der Waals surface area (Å²) in [5, 5.41) is 3.22. The Labute approximate surface area is 180 Å². The van der Waals surface area contributed by atoms with Crippen molar-refractivity contribution in [2.75, 3.05) is 11.1 Å². The Morgan fingerprint density at radius 1 is 1.06 bits per heavy atom. The van der Waals surface area contributed by atoms with Gasteiger partial charge in [-0.1, -0.05) is 42.1 Å². The molecule has 0 radical (unpaired) electrons. The molecule has 0 saturated heterocycles. The average Bonchev–Trinajstić information content (AvgIpc) is 2.75. The molecule has 1 N–H and O–H groups in total. The lowest BCUT2D eigenvalue weighted by Crippen LogP contribution is -2.23. The van der Waals surface area contributed by atoms with E-state index >= 15 is 0 Å². The first-order valence-electron chi connectivity index (χ1n) is 9.39. The van der Waals surface area contributed by atoms with Crippen LogP contribution in [0.4, 0.5) is 14.5 Å². The predicted molar refractivity (Wildman–Crippen MR) is 118 cm³/mol. The third-order valence-corrected chi connectivity index (χ3v) is 5.58. The second kappa shape index (κ2) is 8.69. The van der Waals surface area contributed by atoms with Gasteiger partial charge in [0, 0.05) is 6.07 Å². The lowest BCUT2D eigenvalue weighted by Gasteiger charge is -2.15. The SMILES string of the molecule is Cc1ccccc1-n1c(SCC(=O)Nc2ccc(F)cc2F)nc2ccccc2c1=O. The van der Waals surface area contributed by atoms with Crippen LogP contribution in [0.25, 0.3) is 16.6 Å². The minimum atomic E-state index is -0.862. The van der Waals surface area contributed by atoms with Crippen molar-refractivity contribution in [2.45, 2.75) is 12.1 Å². The van der Waals surface area contributed by atoms with Crippen molar-refractivity contribution >= 4 is 34.3 Å². The van der Waals surface area contributed by atoms with E-state index in [9.17, 15) is 18.4 Å². The van der Waals surface area contributed by atoms with Gasteiger partial charge in [-0.15, -0.1) is 0 Å². The number of nitrogens with one attached hydrogen (secondary N) is 1. The Morgan fingerprint density at radius 3 is 2.58 bits per heavy atom. The summed E-state index contributed by atoms with van der Waals surface area (Å²) < 4.78 is 28.4. The number of hydrogen-bond donors (Lipinski definition) is 1. The molecule has 1 aromatic heterocycles. The number of rotatable bonds is 5. The largest absolute Gasteiger partial charge is 0.323 e.